The number of hydrogen-bond donors (Lipinski definition) is 1. The summed E-state index contributed by atoms with van der Waals surface area (Å²) in [4.78, 5) is 40.5. The maximum Gasteiger partial charge on any atom is 0.280 e. The zero-order valence-corrected chi connectivity index (χ0v) is 18.4. The van der Waals surface area contributed by atoms with E-state index in [1.807, 2.05) is 54.5 Å². The van der Waals surface area contributed by atoms with E-state index in [9.17, 15) is 14.4 Å². The third-order valence-corrected chi connectivity index (χ3v) is 5.17. The lowest BCUT2D eigenvalue weighted by Crippen LogP contribution is -2.35. The fraction of sp³-hybridized carbons (Fsp3) is 0.619. The number of carbonyl (C=O) groups excluding carboxylic acids is 2. The third-order valence-electron chi connectivity index (χ3n) is 5.17. The first-order chi connectivity index (χ1) is 13.4. The first kappa shape index (κ1) is 21.1. The predicted molar refractivity (Wildman–Crippen MR) is 111 cm³/mol. The highest BCUT2D eigenvalue weighted by Gasteiger charge is 2.36. The van der Waals surface area contributed by atoms with Crippen molar-refractivity contribution < 1.29 is 9.59 Å². The lowest BCUT2D eigenvalue weighted by molar-refractivity contribution is -0.121. The minimum atomic E-state index is -0.291. The van der Waals surface area contributed by atoms with Gasteiger partial charge in [0, 0.05) is 24.1 Å². The van der Waals surface area contributed by atoms with Crippen molar-refractivity contribution in [3.63, 3.8) is 0 Å². The fourth-order valence-corrected chi connectivity index (χ4v) is 3.45. The number of rotatable bonds is 5. The van der Waals surface area contributed by atoms with Crippen LogP contribution in [0.15, 0.2) is 10.9 Å². The van der Waals surface area contributed by atoms with Gasteiger partial charge in [-0.05, 0) is 19.8 Å². The van der Waals surface area contributed by atoms with Gasteiger partial charge in [-0.2, -0.15) is 9.61 Å². The summed E-state index contributed by atoms with van der Waals surface area (Å²) in [5, 5.41) is 7.41. The molecule has 8 nitrogen and oxygen atoms in total. The van der Waals surface area contributed by atoms with Crippen LogP contribution < -0.4 is 10.9 Å². The molecule has 0 fully saturated rings. The van der Waals surface area contributed by atoms with Gasteiger partial charge in [-0.1, -0.05) is 34.6 Å². The number of amides is 2. The molecule has 2 aromatic heterocycles. The molecule has 1 aliphatic heterocycles. The van der Waals surface area contributed by atoms with Crippen LogP contribution in [0.25, 0.3) is 5.65 Å². The average Bonchev–Trinajstić information content (AvgIpc) is 3.19. The zero-order chi connectivity index (χ0) is 21.7. The van der Waals surface area contributed by atoms with E-state index in [-0.39, 0.29) is 41.9 Å². The first-order valence-electron chi connectivity index (χ1n) is 10.2. The van der Waals surface area contributed by atoms with Crippen LogP contribution in [0.4, 0.5) is 0 Å². The van der Waals surface area contributed by atoms with Gasteiger partial charge < -0.3 is 14.8 Å². The average molecular weight is 402 g/mol. The van der Waals surface area contributed by atoms with Crippen molar-refractivity contribution in [1.82, 2.24) is 24.4 Å². The number of hydrogen-bond acceptors (Lipinski definition) is 4. The van der Waals surface area contributed by atoms with Gasteiger partial charge in [-0.25, -0.2) is 0 Å². The molecule has 2 amide bonds. The van der Waals surface area contributed by atoms with Crippen molar-refractivity contribution >= 4 is 17.5 Å². The van der Waals surface area contributed by atoms with Crippen molar-refractivity contribution in [2.24, 2.45) is 5.92 Å². The summed E-state index contributed by atoms with van der Waals surface area (Å²) in [7, 11) is 0. The molecule has 8 heteroatoms. The summed E-state index contributed by atoms with van der Waals surface area (Å²) in [5.74, 6) is -0.0928. The number of nitrogens with zero attached hydrogens (tertiary/aromatic N) is 4. The molecular weight excluding hydrogens is 370 g/mol. The van der Waals surface area contributed by atoms with Gasteiger partial charge in [0.1, 0.15) is 17.9 Å². The standard InChI is InChI=1S/C21H31N5O3/c1-12(2)9-22-16(27)11-25-17-8-15(21(5,6)7)23-26(17)19(28)14-10-24(13(3)4)20(29)18(14)25/h8,12-13H,9-11H2,1-7H3,(H,22,27). The number of aromatic nitrogens is 3. The summed E-state index contributed by atoms with van der Waals surface area (Å²) < 4.78 is 2.99. The molecule has 0 radical (unpaired) electrons. The van der Waals surface area contributed by atoms with E-state index in [4.69, 9.17) is 0 Å². The SMILES string of the molecule is CC(C)CNC(=O)Cn1c2c(c(=O)n3nc(C(C)(C)C)cc13)CN(C(C)C)C2=O. The lowest BCUT2D eigenvalue weighted by Gasteiger charge is -2.20. The van der Waals surface area contributed by atoms with Crippen LogP contribution in [0.5, 0.6) is 0 Å². The lowest BCUT2D eigenvalue weighted by atomic mass is 9.93. The normalized spacial score (nSPS) is 14.4. The van der Waals surface area contributed by atoms with Gasteiger partial charge in [0.15, 0.2) is 0 Å². The topological polar surface area (TPSA) is 88.7 Å². The minimum absolute atomic E-state index is 0.0359. The number of nitrogens with one attached hydrogen (secondary N) is 1. The van der Waals surface area contributed by atoms with Gasteiger partial charge in [-0.15, -0.1) is 0 Å². The van der Waals surface area contributed by atoms with Crippen molar-refractivity contribution in [2.45, 2.75) is 73.0 Å². The molecule has 0 spiro atoms. The molecule has 0 aromatic carbocycles. The maximum absolute atomic E-state index is 13.1. The van der Waals surface area contributed by atoms with Crippen LogP contribution in [-0.4, -0.2) is 43.5 Å². The molecule has 3 rings (SSSR count). The monoisotopic (exact) mass is 401 g/mol. The molecule has 1 N–H and O–H groups in total. The highest BCUT2D eigenvalue weighted by Crippen LogP contribution is 2.27. The van der Waals surface area contributed by atoms with Crippen LogP contribution in [0.3, 0.4) is 0 Å². The van der Waals surface area contributed by atoms with Crippen molar-refractivity contribution in [2.75, 3.05) is 6.54 Å². The Bertz CT molecular complexity index is 1020. The highest BCUT2D eigenvalue weighted by atomic mass is 16.2. The van der Waals surface area contributed by atoms with Crippen LogP contribution in [0.1, 0.15) is 70.2 Å². The maximum atomic E-state index is 13.1. The molecule has 0 saturated carbocycles. The molecule has 0 aliphatic carbocycles. The fourth-order valence-electron chi connectivity index (χ4n) is 3.45. The van der Waals surface area contributed by atoms with Crippen molar-refractivity contribution in [3.8, 4) is 0 Å². The smallest absolute Gasteiger partial charge is 0.280 e. The van der Waals surface area contributed by atoms with E-state index in [1.54, 1.807) is 9.47 Å². The van der Waals surface area contributed by atoms with Gasteiger partial charge in [0.2, 0.25) is 5.91 Å². The Morgan fingerprint density at radius 3 is 2.41 bits per heavy atom. The Morgan fingerprint density at radius 1 is 1.21 bits per heavy atom. The quantitative estimate of drug-likeness (QED) is 0.829. The molecule has 0 saturated heterocycles. The first-order valence-corrected chi connectivity index (χ1v) is 10.2. The predicted octanol–water partition coefficient (Wildman–Crippen LogP) is 1.93. The minimum Gasteiger partial charge on any atom is -0.354 e. The van der Waals surface area contributed by atoms with Crippen LogP contribution in [0, 0.1) is 5.92 Å². The Hall–Kier alpha value is -2.64. The van der Waals surface area contributed by atoms with Crippen molar-refractivity contribution in [3.05, 3.63) is 33.4 Å². The van der Waals surface area contributed by atoms with Crippen molar-refractivity contribution in [1.29, 1.82) is 0 Å². The van der Waals surface area contributed by atoms with E-state index in [0.29, 0.717) is 29.4 Å². The molecule has 1 aliphatic rings. The molecule has 0 atom stereocenters. The van der Waals surface area contributed by atoms with Gasteiger partial charge >= 0.3 is 0 Å². The molecule has 2 aromatic rings. The van der Waals surface area contributed by atoms with Crippen LogP contribution >= 0.6 is 0 Å². The van der Waals surface area contributed by atoms with Crippen LogP contribution in [0.2, 0.25) is 0 Å². The molecular formula is C21H31N5O3. The van der Waals surface area contributed by atoms with E-state index in [1.165, 1.54) is 4.52 Å². The second-order valence-corrected chi connectivity index (χ2v) is 9.49. The van der Waals surface area contributed by atoms with Gasteiger partial charge in [0.05, 0.1) is 17.8 Å². The molecule has 158 valence electrons. The summed E-state index contributed by atoms with van der Waals surface area (Å²) in [6, 6.07) is 1.76. The summed E-state index contributed by atoms with van der Waals surface area (Å²) in [5.41, 5.74) is 1.35. The molecule has 29 heavy (non-hydrogen) atoms. The van der Waals surface area contributed by atoms with Gasteiger partial charge in [-0.3, -0.25) is 14.4 Å². The highest BCUT2D eigenvalue weighted by molar-refractivity contribution is 5.98. The Morgan fingerprint density at radius 2 is 1.86 bits per heavy atom. The zero-order valence-electron chi connectivity index (χ0n) is 18.4. The van der Waals surface area contributed by atoms with E-state index >= 15 is 0 Å². The summed E-state index contributed by atoms with van der Waals surface area (Å²) >= 11 is 0. The number of fused-ring (bicyclic) bond motifs is 2. The molecule has 0 bridgehead atoms. The molecule has 0 unspecified atom stereocenters. The Labute approximate surface area is 170 Å². The largest absolute Gasteiger partial charge is 0.354 e. The van der Waals surface area contributed by atoms with Crippen LogP contribution in [-0.2, 0) is 23.3 Å². The second kappa shape index (κ2) is 7.31. The van der Waals surface area contributed by atoms with E-state index in [0.717, 1.165) is 5.69 Å². The summed E-state index contributed by atoms with van der Waals surface area (Å²) in [6.07, 6.45) is 0. The second-order valence-electron chi connectivity index (χ2n) is 9.49. The molecule has 3 heterocycles. The summed E-state index contributed by atoms with van der Waals surface area (Å²) in [6.45, 7) is 14.7. The number of carbonyl (C=O) groups is 2. The van der Waals surface area contributed by atoms with E-state index < -0.39 is 0 Å². The van der Waals surface area contributed by atoms with E-state index in [2.05, 4.69) is 10.4 Å². The van der Waals surface area contributed by atoms with Gasteiger partial charge in [0.25, 0.3) is 11.5 Å². The third kappa shape index (κ3) is 3.80. The Kier molecular flexibility index (Phi) is 5.32. The Balaban J connectivity index is 2.19.